The third-order valence-corrected chi connectivity index (χ3v) is 2.25. The Bertz CT molecular complexity index is 91.3. The van der Waals surface area contributed by atoms with Gasteiger partial charge in [0, 0.05) is 0 Å². The van der Waals surface area contributed by atoms with E-state index in [0.717, 1.165) is 6.42 Å². The van der Waals surface area contributed by atoms with E-state index in [-0.39, 0.29) is 0 Å². The predicted octanol–water partition coefficient (Wildman–Crippen LogP) is 2.14. The van der Waals surface area contributed by atoms with Gasteiger partial charge in [-0.25, -0.2) is 9.78 Å². The molecule has 2 nitrogen and oxygen atoms in total. The fourth-order valence-corrected chi connectivity index (χ4v) is 1.55. The molecule has 0 aromatic carbocycles. The van der Waals surface area contributed by atoms with Crippen molar-refractivity contribution < 1.29 is 9.78 Å². The summed E-state index contributed by atoms with van der Waals surface area (Å²) in [7, 11) is 1.58. The molecule has 1 aliphatic rings. The van der Waals surface area contributed by atoms with Crippen molar-refractivity contribution in [1.29, 1.82) is 0 Å². The van der Waals surface area contributed by atoms with E-state index in [1.807, 2.05) is 0 Å². The minimum atomic E-state index is 0.346. The highest BCUT2D eigenvalue weighted by atomic mass is 17.2. The summed E-state index contributed by atoms with van der Waals surface area (Å²) in [4.78, 5) is 9.75. The molecule has 0 aromatic rings. The molecule has 0 unspecified atom stereocenters. The maximum atomic E-state index is 5.10. The van der Waals surface area contributed by atoms with E-state index in [2.05, 4.69) is 11.8 Å². The third-order valence-electron chi connectivity index (χ3n) is 2.25. The first-order chi connectivity index (χ1) is 4.84. The van der Waals surface area contributed by atoms with Crippen LogP contribution in [0, 0.1) is 5.92 Å². The zero-order valence-corrected chi connectivity index (χ0v) is 6.80. The molecule has 1 fully saturated rings. The Labute approximate surface area is 62.4 Å². The van der Waals surface area contributed by atoms with Crippen LogP contribution in [0.25, 0.3) is 0 Å². The quantitative estimate of drug-likeness (QED) is 0.436. The van der Waals surface area contributed by atoms with Gasteiger partial charge in [0.05, 0.1) is 13.2 Å². The lowest BCUT2D eigenvalue weighted by molar-refractivity contribution is -0.318. The zero-order valence-electron chi connectivity index (χ0n) is 6.80. The van der Waals surface area contributed by atoms with E-state index < -0.39 is 0 Å². The Kier molecular flexibility index (Phi) is 3.16. The summed E-state index contributed by atoms with van der Waals surface area (Å²) in [6, 6.07) is 0. The second-order valence-electron chi connectivity index (χ2n) is 3.06. The van der Waals surface area contributed by atoms with Gasteiger partial charge in [0.1, 0.15) is 0 Å². The highest BCUT2D eigenvalue weighted by Crippen LogP contribution is 2.25. The summed E-state index contributed by atoms with van der Waals surface area (Å²) < 4.78 is 0. The number of hydrogen-bond acceptors (Lipinski definition) is 2. The van der Waals surface area contributed by atoms with Gasteiger partial charge in [-0.2, -0.15) is 0 Å². The van der Waals surface area contributed by atoms with E-state index in [0.29, 0.717) is 12.0 Å². The van der Waals surface area contributed by atoms with Crippen molar-refractivity contribution in [2.24, 2.45) is 5.92 Å². The van der Waals surface area contributed by atoms with Crippen molar-refractivity contribution in [3.63, 3.8) is 0 Å². The molecule has 0 amide bonds. The largest absolute Gasteiger partial charge is 0.240 e. The molecular formula is C8H16O2. The fraction of sp³-hybridized carbons (Fsp3) is 1.00. The van der Waals surface area contributed by atoms with Crippen LogP contribution in [0.15, 0.2) is 0 Å². The fourth-order valence-electron chi connectivity index (χ4n) is 1.55. The third kappa shape index (κ3) is 1.96. The lowest BCUT2D eigenvalue weighted by Gasteiger charge is -2.26. The second-order valence-corrected chi connectivity index (χ2v) is 3.06. The molecule has 1 aliphatic carbocycles. The maximum Gasteiger partial charge on any atom is 0.0955 e. The Morgan fingerprint density at radius 1 is 1.20 bits per heavy atom. The van der Waals surface area contributed by atoms with Crippen LogP contribution in [0.5, 0.6) is 0 Å². The molecule has 1 saturated carbocycles. The van der Waals surface area contributed by atoms with Gasteiger partial charge in [0.25, 0.3) is 0 Å². The van der Waals surface area contributed by atoms with Gasteiger partial charge in [-0.05, 0) is 18.8 Å². The van der Waals surface area contributed by atoms with Crippen LogP contribution in [0.3, 0.4) is 0 Å². The van der Waals surface area contributed by atoms with Crippen LogP contribution >= 0.6 is 0 Å². The lowest BCUT2D eigenvalue weighted by Crippen LogP contribution is -2.24. The number of rotatable bonds is 2. The molecule has 0 heterocycles. The van der Waals surface area contributed by atoms with E-state index in [4.69, 9.17) is 4.89 Å². The van der Waals surface area contributed by atoms with Crippen molar-refractivity contribution in [3.8, 4) is 0 Å². The second kappa shape index (κ2) is 3.94. The first kappa shape index (κ1) is 8.02. The molecule has 0 bridgehead atoms. The summed E-state index contributed by atoms with van der Waals surface area (Å²) in [5, 5.41) is 0. The molecule has 0 saturated heterocycles. The summed E-state index contributed by atoms with van der Waals surface area (Å²) in [6.07, 6.45) is 5.44. The Hall–Kier alpha value is -0.0800. The van der Waals surface area contributed by atoms with Crippen LogP contribution in [0.1, 0.15) is 32.6 Å². The standard InChI is InChI=1S/C8H16O2/c1-7-5-3-4-6-8(7)10-9-2/h7-8H,3-6H2,1-2H3/t7-,8+/m1/s1. The molecule has 60 valence electrons. The SMILES string of the molecule is COO[C@H]1CCCC[C@H]1C. The topological polar surface area (TPSA) is 18.5 Å². The average Bonchev–Trinajstić information content (AvgIpc) is 1.94. The summed E-state index contributed by atoms with van der Waals surface area (Å²) in [5.74, 6) is 0.675. The molecule has 10 heavy (non-hydrogen) atoms. The minimum absolute atomic E-state index is 0.346. The van der Waals surface area contributed by atoms with Gasteiger partial charge in [0.15, 0.2) is 0 Å². The van der Waals surface area contributed by atoms with Gasteiger partial charge in [-0.3, -0.25) is 0 Å². The zero-order chi connectivity index (χ0) is 7.40. The van der Waals surface area contributed by atoms with Gasteiger partial charge in [-0.1, -0.05) is 19.8 Å². The summed E-state index contributed by atoms with van der Waals surface area (Å²) in [6.45, 7) is 2.23. The molecule has 1 rings (SSSR count). The van der Waals surface area contributed by atoms with E-state index in [9.17, 15) is 0 Å². The Morgan fingerprint density at radius 3 is 2.50 bits per heavy atom. The maximum absolute atomic E-state index is 5.10. The monoisotopic (exact) mass is 144 g/mol. The van der Waals surface area contributed by atoms with Crippen molar-refractivity contribution >= 4 is 0 Å². The van der Waals surface area contributed by atoms with Gasteiger partial charge < -0.3 is 0 Å². The minimum Gasteiger partial charge on any atom is -0.240 e. The Morgan fingerprint density at radius 2 is 1.90 bits per heavy atom. The van der Waals surface area contributed by atoms with Crippen molar-refractivity contribution in [2.75, 3.05) is 7.11 Å². The highest BCUT2D eigenvalue weighted by Gasteiger charge is 2.22. The molecule has 0 N–H and O–H groups in total. The lowest BCUT2D eigenvalue weighted by atomic mass is 9.88. The van der Waals surface area contributed by atoms with Gasteiger partial charge in [0.2, 0.25) is 0 Å². The summed E-state index contributed by atoms with van der Waals surface area (Å²) >= 11 is 0. The summed E-state index contributed by atoms with van der Waals surface area (Å²) in [5.41, 5.74) is 0. The van der Waals surface area contributed by atoms with Crippen molar-refractivity contribution in [1.82, 2.24) is 0 Å². The first-order valence-corrected chi connectivity index (χ1v) is 4.04. The van der Waals surface area contributed by atoms with E-state index in [1.54, 1.807) is 7.11 Å². The first-order valence-electron chi connectivity index (χ1n) is 4.04. The molecule has 2 atom stereocenters. The van der Waals surface area contributed by atoms with Crippen LogP contribution in [-0.2, 0) is 9.78 Å². The van der Waals surface area contributed by atoms with Crippen LogP contribution in [0.4, 0.5) is 0 Å². The molecule has 0 radical (unpaired) electrons. The molecule has 0 aromatic heterocycles. The van der Waals surface area contributed by atoms with Crippen LogP contribution < -0.4 is 0 Å². The van der Waals surface area contributed by atoms with E-state index >= 15 is 0 Å². The molecule has 0 spiro atoms. The van der Waals surface area contributed by atoms with Crippen molar-refractivity contribution in [2.45, 2.75) is 38.7 Å². The van der Waals surface area contributed by atoms with E-state index in [1.165, 1.54) is 19.3 Å². The number of hydrogen-bond donors (Lipinski definition) is 0. The molecule has 0 aliphatic heterocycles. The normalized spacial score (nSPS) is 34.2. The highest BCUT2D eigenvalue weighted by molar-refractivity contribution is 4.70. The average molecular weight is 144 g/mol. The van der Waals surface area contributed by atoms with Crippen LogP contribution in [0.2, 0.25) is 0 Å². The predicted molar refractivity (Wildman–Crippen MR) is 39.5 cm³/mol. The smallest absolute Gasteiger partial charge is 0.0955 e. The van der Waals surface area contributed by atoms with Crippen molar-refractivity contribution in [3.05, 3.63) is 0 Å². The van der Waals surface area contributed by atoms with Gasteiger partial charge in [-0.15, -0.1) is 0 Å². The molecular weight excluding hydrogens is 128 g/mol. The van der Waals surface area contributed by atoms with Gasteiger partial charge >= 0.3 is 0 Å². The van der Waals surface area contributed by atoms with Crippen LogP contribution in [-0.4, -0.2) is 13.2 Å². The Balaban J connectivity index is 2.25. The molecule has 2 heteroatoms.